The molecule has 0 aliphatic carbocycles. The predicted octanol–water partition coefficient (Wildman–Crippen LogP) is 3.13. The third kappa shape index (κ3) is 4.96. The van der Waals surface area contributed by atoms with Crippen molar-refractivity contribution in [2.75, 3.05) is 32.8 Å². The van der Waals surface area contributed by atoms with E-state index in [1.165, 1.54) is 0 Å². The number of ether oxygens (including phenoxy) is 1. The zero-order chi connectivity index (χ0) is 19.2. The zero-order valence-electron chi connectivity index (χ0n) is 16.4. The van der Waals surface area contributed by atoms with Gasteiger partial charge in [-0.05, 0) is 19.3 Å². The van der Waals surface area contributed by atoms with E-state index in [0.717, 1.165) is 38.3 Å². The predicted molar refractivity (Wildman–Crippen MR) is 105 cm³/mol. The molecular formula is C21H29N3O3. The number of aryl methyl sites for hydroxylation is 1. The molecule has 0 radical (unpaired) electrons. The minimum Gasteiger partial charge on any atom is -0.379 e. The molecule has 2 heterocycles. The average molecular weight is 371 g/mol. The molecule has 1 fully saturated rings. The van der Waals surface area contributed by atoms with Crippen molar-refractivity contribution in [3.63, 3.8) is 0 Å². The van der Waals surface area contributed by atoms with Crippen molar-refractivity contribution in [1.29, 1.82) is 0 Å². The van der Waals surface area contributed by atoms with Crippen LogP contribution in [0.5, 0.6) is 0 Å². The monoisotopic (exact) mass is 371 g/mol. The Labute approximate surface area is 160 Å². The lowest BCUT2D eigenvalue weighted by atomic mass is 10.0. The third-order valence-electron chi connectivity index (χ3n) is 4.94. The number of nitrogens with zero attached hydrogens (tertiary/aromatic N) is 2. The lowest BCUT2D eigenvalue weighted by Gasteiger charge is -2.35. The molecule has 1 unspecified atom stereocenters. The molecule has 1 aromatic carbocycles. The van der Waals surface area contributed by atoms with Crippen LogP contribution in [0.1, 0.15) is 36.4 Å². The smallest absolute Gasteiger partial charge is 0.257 e. The van der Waals surface area contributed by atoms with E-state index in [-0.39, 0.29) is 5.91 Å². The summed E-state index contributed by atoms with van der Waals surface area (Å²) in [7, 11) is 0. The number of benzene rings is 1. The molecule has 1 N–H and O–H groups in total. The van der Waals surface area contributed by atoms with Gasteiger partial charge in [-0.25, -0.2) is 0 Å². The summed E-state index contributed by atoms with van der Waals surface area (Å²) >= 11 is 0. The van der Waals surface area contributed by atoms with Crippen molar-refractivity contribution < 1.29 is 14.1 Å². The van der Waals surface area contributed by atoms with Gasteiger partial charge in [-0.1, -0.05) is 49.3 Å². The fourth-order valence-corrected chi connectivity index (χ4v) is 3.58. The van der Waals surface area contributed by atoms with Gasteiger partial charge in [-0.15, -0.1) is 0 Å². The molecule has 27 heavy (non-hydrogen) atoms. The minimum atomic E-state index is -0.130. The third-order valence-corrected chi connectivity index (χ3v) is 4.94. The standard InChI is InChI=1S/C21H29N3O3/c1-15(2)13-18(24-9-11-26-12-10-24)14-22-21(25)19-16(3)27-23-20(19)17-7-5-4-6-8-17/h4-8,15,18H,9-14H2,1-3H3,(H,22,25). The maximum absolute atomic E-state index is 12.9. The van der Waals surface area contributed by atoms with Crippen molar-refractivity contribution in [2.45, 2.75) is 33.2 Å². The molecule has 1 atom stereocenters. The van der Waals surface area contributed by atoms with Gasteiger partial charge in [0.2, 0.25) is 0 Å². The second-order valence-corrected chi connectivity index (χ2v) is 7.47. The zero-order valence-corrected chi connectivity index (χ0v) is 16.4. The fourth-order valence-electron chi connectivity index (χ4n) is 3.58. The maximum atomic E-state index is 12.9. The highest BCUT2D eigenvalue weighted by molar-refractivity contribution is 6.00. The summed E-state index contributed by atoms with van der Waals surface area (Å²) in [5.41, 5.74) is 2.00. The van der Waals surface area contributed by atoms with Crippen molar-refractivity contribution >= 4 is 5.91 Å². The normalized spacial score (nSPS) is 16.4. The van der Waals surface area contributed by atoms with Crippen LogP contribution in [0.15, 0.2) is 34.9 Å². The number of carbonyl (C=O) groups is 1. The largest absolute Gasteiger partial charge is 0.379 e. The van der Waals surface area contributed by atoms with Crippen LogP contribution in [0, 0.1) is 12.8 Å². The number of amides is 1. The molecule has 1 aromatic heterocycles. The van der Waals surface area contributed by atoms with Gasteiger partial charge in [0.15, 0.2) is 0 Å². The van der Waals surface area contributed by atoms with Crippen LogP contribution in [0.4, 0.5) is 0 Å². The van der Waals surface area contributed by atoms with Crippen LogP contribution in [-0.2, 0) is 4.74 Å². The van der Waals surface area contributed by atoms with E-state index in [1.54, 1.807) is 6.92 Å². The van der Waals surface area contributed by atoms with Gasteiger partial charge < -0.3 is 14.6 Å². The number of carbonyl (C=O) groups excluding carboxylic acids is 1. The molecule has 0 spiro atoms. The van der Waals surface area contributed by atoms with Crippen LogP contribution < -0.4 is 5.32 Å². The molecule has 1 aliphatic heterocycles. The molecule has 1 saturated heterocycles. The van der Waals surface area contributed by atoms with Gasteiger partial charge in [-0.3, -0.25) is 9.69 Å². The second kappa shape index (κ2) is 9.15. The van der Waals surface area contributed by atoms with Gasteiger partial charge >= 0.3 is 0 Å². The van der Waals surface area contributed by atoms with Gasteiger partial charge in [0.25, 0.3) is 5.91 Å². The number of aromatic nitrogens is 1. The first-order chi connectivity index (χ1) is 13.1. The highest BCUT2D eigenvalue weighted by Gasteiger charge is 2.25. The Morgan fingerprint density at radius 3 is 2.59 bits per heavy atom. The summed E-state index contributed by atoms with van der Waals surface area (Å²) in [4.78, 5) is 15.4. The lowest BCUT2D eigenvalue weighted by molar-refractivity contribution is 0.0124. The summed E-state index contributed by atoms with van der Waals surface area (Å²) < 4.78 is 10.8. The molecule has 0 bridgehead atoms. The Bertz CT molecular complexity index is 736. The van der Waals surface area contributed by atoms with Gasteiger partial charge in [0.1, 0.15) is 17.0 Å². The summed E-state index contributed by atoms with van der Waals surface area (Å²) in [6.07, 6.45) is 1.04. The molecule has 3 rings (SSSR count). The molecule has 1 amide bonds. The molecule has 0 saturated carbocycles. The quantitative estimate of drug-likeness (QED) is 0.810. The summed E-state index contributed by atoms with van der Waals surface area (Å²) in [6, 6.07) is 9.97. The average Bonchev–Trinajstić information content (AvgIpc) is 3.07. The summed E-state index contributed by atoms with van der Waals surface area (Å²) in [6.45, 7) is 10.2. The molecule has 146 valence electrons. The van der Waals surface area contributed by atoms with E-state index in [0.29, 0.717) is 35.5 Å². The van der Waals surface area contributed by atoms with Gasteiger partial charge in [0, 0.05) is 31.2 Å². The highest BCUT2D eigenvalue weighted by atomic mass is 16.5. The Morgan fingerprint density at radius 2 is 1.93 bits per heavy atom. The number of nitrogens with one attached hydrogen (secondary N) is 1. The van der Waals surface area contributed by atoms with Crippen LogP contribution in [0.25, 0.3) is 11.3 Å². The highest BCUT2D eigenvalue weighted by Crippen LogP contribution is 2.25. The van der Waals surface area contributed by atoms with E-state index < -0.39 is 0 Å². The Morgan fingerprint density at radius 1 is 1.22 bits per heavy atom. The summed E-state index contributed by atoms with van der Waals surface area (Å²) in [5, 5.41) is 7.23. The Balaban J connectivity index is 1.71. The molecule has 6 nitrogen and oxygen atoms in total. The first-order valence-electron chi connectivity index (χ1n) is 9.68. The van der Waals surface area contributed by atoms with E-state index in [9.17, 15) is 4.79 Å². The SMILES string of the molecule is Cc1onc(-c2ccccc2)c1C(=O)NCC(CC(C)C)N1CCOCC1. The number of hydrogen-bond acceptors (Lipinski definition) is 5. The molecular weight excluding hydrogens is 342 g/mol. The van der Waals surface area contributed by atoms with Crippen LogP contribution >= 0.6 is 0 Å². The van der Waals surface area contributed by atoms with Crippen LogP contribution in [-0.4, -0.2) is 54.9 Å². The van der Waals surface area contributed by atoms with E-state index in [2.05, 4.69) is 29.2 Å². The Hall–Kier alpha value is -2.18. The minimum absolute atomic E-state index is 0.130. The van der Waals surface area contributed by atoms with Crippen molar-refractivity contribution in [2.24, 2.45) is 5.92 Å². The van der Waals surface area contributed by atoms with Crippen LogP contribution in [0.2, 0.25) is 0 Å². The topological polar surface area (TPSA) is 67.6 Å². The van der Waals surface area contributed by atoms with E-state index in [1.807, 2.05) is 30.3 Å². The van der Waals surface area contributed by atoms with Gasteiger partial charge in [0.05, 0.1) is 13.2 Å². The van der Waals surface area contributed by atoms with E-state index in [4.69, 9.17) is 9.26 Å². The van der Waals surface area contributed by atoms with Crippen LogP contribution in [0.3, 0.4) is 0 Å². The van der Waals surface area contributed by atoms with Gasteiger partial charge in [-0.2, -0.15) is 0 Å². The first kappa shape index (κ1) is 19.6. The van der Waals surface area contributed by atoms with E-state index >= 15 is 0 Å². The molecule has 6 heteroatoms. The molecule has 1 aliphatic rings. The van der Waals surface area contributed by atoms with Crippen molar-refractivity contribution in [3.8, 4) is 11.3 Å². The fraction of sp³-hybridized carbons (Fsp3) is 0.524. The first-order valence-corrected chi connectivity index (χ1v) is 9.68. The van der Waals surface area contributed by atoms with Crippen molar-refractivity contribution in [3.05, 3.63) is 41.7 Å². The molecule has 2 aromatic rings. The number of rotatable bonds is 7. The summed E-state index contributed by atoms with van der Waals surface area (Å²) in [5.74, 6) is 0.972. The maximum Gasteiger partial charge on any atom is 0.257 e. The van der Waals surface area contributed by atoms with Crippen molar-refractivity contribution in [1.82, 2.24) is 15.4 Å². The Kier molecular flexibility index (Phi) is 6.63. The lowest BCUT2D eigenvalue weighted by Crippen LogP contribution is -2.49. The number of morpholine rings is 1. The second-order valence-electron chi connectivity index (χ2n) is 7.47. The number of hydrogen-bond donors (Lipinski definition) is 1.